The van der Waals surface area contributed by atoms with Crippen LogP contribution in [0, 0.1) is 0 Å². The Kier molecular flexibility index (Phi) is 10.5. The van der Waals surface area contributed by atoms with Gasteiger partial charge in [-0.05, 0) is 105 Å². The molecule has 0 radical (unpaired) electrons. The second-order valence-corrected chi connectivity index (χ2v) is 12.9. The van der Waals surface area contributed by atoms with Crippen LogP contribution >= 0.6 is 35.3 Å². The average Bonchev–Trinajstić information content (AvgIpc) is 3.38. The van der Waals surface area contributed by atoms with Gasteiger partial charge in [-0.3, -0.25) is 9.59 Å². The number of carbonyl (C=O) groups excluding carboxylic acids is 3. The van der Waals surface area contributed by atoms with Gasteiger partial charge in [0.25, 0.3) is 0 Å². The van der Waals surface area contributed by atoms with Crippen LogP contribution in [0.4, 0.5) is 16.4 Å². The highest BCUT2D eigenvalue weighted by molar-refractivity contribution is 8.00. The van der Waals surface area contributed by atoms with E-state index in [1.54, 1.807) is 31.2 Å². The molecule has 0 spiro atoms. The fourth-order valence-electron chi connectivity index (χ4n) is 5.16. The highest BCUT2D eigenvalue weighted by Crippen LogP contribution is 2.43. The molecule has 1 heterocycles. The molecule has 1 aliphatic carbocycles. The SMILES string of the molecule is CCOC(=O)c1c(NC(=O)CSc2cccc(NC(=S)Nc3ccc(C(C)=O)cc3)c2)sc2c1CCC(c1ccccc1)C2. The Morgan fingerprint density at radius 1 is 0.955 bits per heavy atom. The maximum Gasteiger partial charge on any atom is 0.341 e. The van der Waals surface area contributed by atoms with Crippen molar-refractivity contribution in [3.05, 3.63) is 106 Å². The number of amides is 1. The third-order valence-electron chi connectivity index (χ3n) is 7.28. The number of Topliss-reactive ketones (excluding diaryl/α,β-unsaturated/α-hetero) is 1. The van der Waals surface area contributed by atoms with E-state index in [2.05, 4.69) is 40.2 Å². The molecular formula is C34H33N3O4S3. The highest BCUT2D eigenvalue weighted by atomic mass is 32.2. The number of carbonyl (C=O) groups is 3. The minimum absolute atomic E-state index is 0.00571. The van der Waals surface area contributed by atoms with Gasteiger partial charge in [-0.1, -0.05) is 36.4 Å². The molecule has 0 saturated heterocycles. The van der Waals surface area contributed by atoms with Crippen LogP contribution in [0.5, 0.6) is 0 Å². The first kappa shape index (κ1) is 31.4. The summed E-state index contributed by atoms with van der Waals surface area (Å²) in [4.78, 5) is 39.6. The predicted molar refractivity (Wildman–Crippen MR) is 184 cm³/mol. The summed E-state index contributed by atoms with van der Waals surface area (Å²) in [7, 11) is 0. The molecule has 44 heavy (non-hydrogen) atoms. The molecule has 226 valence electrons. The van der Waals surface area contributed by atoms with Crippen molar-refractivity contribution in [3.63, 3.8) is 0 Å². The minimum Gasteiger partial charge on any atom is -0.462 e. The number of thioether (sulfide) groups is 1. The number of benzene rings is 3. The van der Waals surface area contributed by atoms with E-state index in [9.17, 15) is 14.4 Å². The van der Waals surface area contributed by atoms with Crippen LogP contribution in [0.25, 0.3) is 0 Å². The number of thiocarbonyl (C=S) groups is 1. The van der Waals surface area contributed by atoms with E-state index in [-0.39, 0.29) is 30.0 Å². The van der Waals surface area contributed by atoms with Gasteiger partial charge in [0.2, 0.25) is 5.91 Å². The lowest BCUT2D eigenvalue weighted by atomic mass is 9.83. The summed E-state index contributed by atoms with van der Waals surface area (Å²) in [6.07, 6.45) is 2.55. The Bertz CT molecular complexity index is 1670. The maximum absolute atomic E-state index is 13.1. The Balaban J connectivity index is 1.20. The summed E-state index contributed by atoms with van der Waals surface area (Å²) in [6, 6.07) is 25.2. The number of anilines is 3. The largest absolute Gasteiger partial charge is 0.462 e. The first-order valence-electron chi connectivity index (χ1n) is 14.4. The van der Waals surface area contributed by atoms with Gasteiger partial charge < -0.3 is 20.7 Å². The molecule has 5 rings (SSSR count). The van der Waals surface area contributed by atoms with Crippen LogP contribution in [-0.2, 0) is 22.4 Å². The van der Waals surface area contributed by atoms with E-state index in [1.807, 2.05) is 30.3 Å². The normalized spacial score (nSPS) is 13.8. The topological polar surface area (TPSA) is 96.5 Å². The van der Waals surface area contributed by atoms with Gasteiger partial charge in [0.1, 0.15) is 5.00 Å². The molecular weight excluding hydrogens is 611 g/mol. The Labute approximate surface area is 270 Å². The van der Waals surface area contributed by atoms with Crippen LogP contribution in [0.3, 0.4) is 0 Å². The smallest absolute Gasteiger partial charge is 0.341 e. The number of hydrogen-bond donors (Lipinski definition) is 3. The van der Waals surface area contributed by atoms with Crippen molar-refractivity contribution >= 4 is 74.5 Å². The summed E-state index contributed by atoms with van der Waals surface area (Å²) < 4.78 is 5.39. The molecule has 0 saturated carbocycles. The lowest BCUT2D eigenvalue weighted by Gasteiger charge is -2.23. The summed E-state index contributed by atoms with van der Waals surface area (Å²) >= 11 is 8.33. The van der Waals surface area contributed by atoms with Crippen molar-refractivity contribution < 1.29 is 19.1 Å². The van der Waals surface area contributed by atoms with Gasteiger partial charge in [0.15, 0.2) is 10.9 Å². The second-order valence-electron chi connectivity index (χ2n) is 10.4. The maximum atomic E-state index is 13.1. The molecule has 4 aromatic rings. The molecule has 1 amide bonds. The van der Waals surface area contributed by atoms with Crippen LogP contribution in [-0.4, -0.2) is 35.1 Å². The molecule has 10 heteroatoms. The fraction of sp³-hybridized carbons (Fsp3) is 0.235. The summed E-state index contributed by atoms with van der Waals surface area (Å²) in [6.45, 7) is 3.59. The quantitative estimate of drug-likeness (QED) is 0.0694. The van der Waals surface area contributed by atoms with Gasteiger partial charge in [0, 0.05) is 26.7 Å². The number of rotatable bonds is 10. The molecule has 1 atom stereocenters. The van der Waals surface area contributed by atoms with Crippen LogP contribution in [0.15, 0.2) is 83.8 Å². The Morgan fingerprint density at radius 3 is 2.43 bits per heavy atom. The van der Waals surface area contributed by atoms with E-state index in [1.165, 1.54) is 35.6 Å². The standard InChI is InChI=1S/C34H33N3O4S3/c1-3-41-33(40)31-28-17-14-24(23-8-5-4-6-9-23)18-29(28)44-32(31)37-30(39)20-43-27-11-7-10-26(19-27)36-34(42)35-25-15-12-22(13-16-25)21(2)38/h4-13,15-16,19,24H,3,14,17-18,20H2,1-2H3,(H,37,39)(H2,35,36,42). The van der Waals surface area contributed by atoms with Crippen molar-refractivity contribution in [2.45, 2.75) is 43.9 Å². The molecule has 0 fully saturated rings. The van der Waals surface area contributed by atoms with Crippen molar-refractivity contribution in [1.29, 1.82) is 0 Å². The minimum atomic E-state index is -0.385. The molecule has 3 aromatic carbocycles. The van der Waals surface area contributed by atoms with Gasteiger partial charge in [-0.15, -0.1) is 23.1 Å². The lowest BCUT2D eigenvalue weighted by Crippen LogP contribution is -2.19. The van der Waals surface area contributed by atoms with E-state index >= 15 is 0 Å². The predicted octanol–water partition coefficient (Wildman–Crippen LogP) is 7.94. The average molecular weight is 644 g/mol. The molecule has 1 aliphatic rings. The van der Waals surface area contributed by atoms with Crippen LogP contribution in [0.1, 0.15) is 62.9 Å². The fourth-order valence-corrected chi connectivity index (χ4v) is 7.48. The number of nitrogens with one attached hydrogen (secondary N) is 3. The zero-order valence-electron chi connectivity index (χ0n) is 24.5. The summed E-state index contributed by atoms with van der Waals surface area (Å²) in [5, 5.41) is 10.2. The van der Waals surface area contributed by atoms with E-state index in [0.717, 1.165) is 46.0 Å². The first-order valence-corrected chi connectivity index (χ1v) is 16.6. The lowest BCUT2D eigenvalue weighted by molar-refractivity contribution is -0.113. The third kappa shape index (κ3) is 7.93. The van der Waals surface area contributed by atoms with Gasteiger partial charge in [0.05, 0.1) is 17.9 Å². The monoisotopic (exact) mass is 643 g/mol. The Hall–Kier alpha value is -3.99. The zero-order chi connectivity index (χ0) is 31.1. The number of ether oxygens (including phenoxy) is 1. The van der Waals surface area contributed by atoms with Crippen molar-refractivity contribution in [2.24, 2.45) is 0 Å². The first-order chi connectivity index (χ1) is 21.3. The van der Waals surface area contributed by atoms with Crippen molar-refractivity contribution in [2.75, 3.05) is 28.3 Å². The highest BCUT2D eigenvalue weighted by Gasteiger charge is 2.30. The third-order valence-corrected chi connectivity index (χ3v) is 9.65. The second kappa shape index (κ2) is 14.7. The number of esters is 1. The molecule has 7 nitrogen and oxygen atoms in total. The van der Waals surface area contributed by atoms with Crippen LogP contribution < -0.4 is 16.0 Å². The molecule has 1 unspecified atom stereocenters. The van der Waals surface area contributed by atoms with Gasteiger partial charge >= 0.3 is 5.97 Å². The Morgan fingerprint density at radius 2 is 1.70 bits per heavy atom. The zero-order valence-corrected chi connectivity index (χ0v) is 26.9. The van der Waals surface area contributed by atoms with Crippen molar-refractivity contribution in [3.8, 4) is 0 Å². The van der Waals surface area contributed by atoms with E-state index < -0.39 is 0 Å². The van der Waals surface area contributed by atoms with Gasteiger partial charge in [-0.2, -0.15) is 0 Å². The van der Waals surface area contributed by atoms with E-state index in [0.29, 0.717) is 27.2 Å². The molecule has 3 N–H and O–H groups in total. The van der Waals surface area contributed by atoms with Gasteiger partial charge in [-0.25, -0.2) is 4.79 Å². The molecule has 0 bridgehead atoms. The number of hydrogen-bond acceptors (Lipinski definition) is 7. The summed E-state index contributed by atoms with van der Waals surface area (Å²) in [5.74, 6) is -0.0157. The number of thiophene rings is 1. The molecule has 0 aliphatic heterocycles. The summed E-state index contributed by atoms with van der Waals surface area (Å²) in [5.41, 5.74) is 4.97. The number of fused-ring (bicyclic) bond motifs is 1. The van der Waals surface area contributed by atoms with Crippen molar-refractivity contribution in [1.82, 2.24) is 0 Å². The van der Waals surface area contributed by atoms with Crippen LogP contribution in [0.2, 0.25) is 0 Å². The van der Waals surface area contributed by atoms with E-state index in [4.69, 9.17) is 17.0 Å². The number of ketones is 1. The molecule has 1 aromatic heterocycles.